The van der Waals surface area contributed by atoms with Crippen molar-refractivity contribution < 1.29 is 17.9 Å². The Kier molecular flexibility index (Phi) is 7.89. The van der Waals surface area contributed by atoms with Crippen LogP contribution in [0.5, 0.6) is 11.5 Å². The first kappa shape index (κ1) is 26.5. The van der Waals surface area contributed by atoms with E-state index < -0.39 is 10.0 Å². The van der Waals surface area contributed by atoms with E-state index in [0.29, 0.717) is 29.6 Å². The molecule has 2 fully saturated rings. The van der Waals surface area contributed by atoms with E-state index in [2.05, 4.69) is 37.3 Å². The summed E-state index contributed by atoms with van der Waals surface area (Å²) in [5.41, 5.74) is 1.00. The Morgan fingerprint density at radius 2 is 1.92 bits per heavy atom. The van der Waals surface area contributed by atoms with Gasteiger partial charge in [-0.15, -0.1) is 0 Å². The van der Waals surface area contributed by atoms with Crippen LogP contribution >= 0.6 is 11.6 Å². The molecule has 0 amide bonds. The predicted molar refractivity (Wildman–Crippen MR) is 147 cm³/mol. The summed E-state index contributed by atoms with van der Waals surface area (Å²) in [7, 11) is -0.0478. The summed E-state index contributed by atoms with van der Waals surface area (Å²) >= 11 is 6.37. The smallest absolute Gasteiger partial charge is 0.242 e. The summed E-state index contributed by atoms with van der Waals surface area (Å²) in [4.78, 5) is 11.1. The van der Waals surface area contributed by atoms with Crippen LogP contribution in [0.15, 0.2) is 53.6 Å². The maximum atomic E-state index is 12.9. The Labute approximate surface area is 227 Å². The molecule has 5 rings (SSSR count). The number of hydrogen-bond donors (Lipinski definition) is 3. The van der Waals surface area contributed by atoms with Crippen LogP contribution in [-0.2, 0) is 10.0 Å². The van der Waals surface area contributed by atoms with Gasteiger partial charge in [-0.1, -0.05) is 23.7 Å². The van der Waals surface area contributed by atoms with Crippen LogP contribution in [-0.4, -0.2) is 63.2 Å². The molecule has 0 spiro atoms. The van der Waals surface area contributed by atoms with Gasteiger partial charge in [0, 0.05) is 25.7 Å². The van der Waals surface area contributed by atoms with Gasteiger partial charge in [0.1, 0.15) is 27.5 Å². The summed E-state index contributed by atoms with van der Waals surface area (Å²) in [5.74, 6) is 2.23. The number of para-hydroxylation sites is 1. The van der Waals surface area contributed by atoms with Crippen LogP contribution in [0.3, 0.4) is 0 Å². The van der Waals surface area contributed by atoms with Gasteiger partial charge in [-0.25, -0.2) is 18.1 Å². The number of rotatable bonds is 11. The maximum Gasteiger partial charge on any atom is 0.242 e. The molecule has 1 saturated heterocycles. The van der Waals surface area contributed by atoms with Crippen molar-refractivity contribution in [3.63, 3.8) is 0 Å². The largest absolute Gasteiger partial charge is 0.494 e. The number of likely N-dealkylation sites (N-methyl/N-ethyl adjacent to an activating group) is 1. The van der Waals surface area contributed by atoms with Gasteiger partial charge in [0.25, 0.3) is 0 Å². The van der Waals surface area contributed by atoms with Crippen molar-refractivity contribution >= 4 is 44.8 Å². The predicted octanol–water partition coefficient (Wildman–Crippen LogP) is 4.40. The van der Waals surface area contributed by atoms with Crippen molar-refractivity contribution in [2.24, 2.45) is 5.92 Å². The monoisotopic (exact) mass is 558 g/mol. The number of halogens is 1. The maximum absolute atomic E-state index is 12.9. The minimum Gasteiger partial charge on any atom is -0.494 e. The number of methoxy groups -OCH3 is 1. The molecule has 1 unspecified atom stereocenters. The van der Waals surface area contributed by atoms with E-state index in [1.54, 1.807) is 31.4 Å². The lowest BCUT2D eigenvalue weighted by molar-refractivity contribution is 0.207. The number of likely N-dealkylation sites (tertiary alicyclic amines) is 1. The Morgan fingerprint density at radius 3 is 2.66 bits per heavy atom. The van der Waals surface area contributed by atoms with Crippen LogP contribution in [0.4, 0.5) is 23.1 Å². The molecule has 202 valence electrons. The molecule has 2 aliphatic rings. The van der Waals surface area contributed by atoms with Gasteiger partial charge in [-0.2, -0.15) is 4.98 Å². The van der Waals surface area contributed by atoms with Crippen LogP contribution in [0.2, 0.25) is 5.02 Å². The Bertz CT molecular complexity index is 1400. The first-order valence-corrected chi connectivity index (χ1v) is 14.4. The van der Waals surface area contributed by atoms with Crippen LogP contribution in [0, 0.1) is 5.92 Å². The van der Waals surface area contributed by atoms with Gasteiger partial charge in [-0.3, -0.25) is 0 Å². The highest BCUT2D eigenvalue weighted by atomic mass is 35.5. The zero-order valence-corrected chi connectivity index (χ0v) is 22.8. The topological polar surface area (TPSA) is 118 Å². The summed E-state index contributed by atoms with van der Waals surface area (Å²) in [6, 6.07) is 12.2. The minimum atomic E-state index is -3.71. The Balaban J connectivity index is 1.33. The molecule has 38 heavy (non-hydrogen) atoms. The standard InChI is InChI=1S/C26H31ClN6O4S/c1-33-12-11-19(16-33)37-18-9-10-21(23(13-18)36-2)31-26-28-15-20(27)25(32-26)30-22-5-3-4-6-24(22)38(34,35)29-14-17-7-8-17/h3-6,9-10,13,15,17,19,29H,7-8,11-12,14,16H2,1-2H3,(H2,28,30,31,32). The summed E-state index contributed by atoms with van der Waals surface area (Å²) in [6.45, 7) is 2.33. The van der Waals surface area contributed by atoms with E-state index in [1.807, 2.05) is 18.2 Å². The average Bonchev–Trinajstić information content (AvgIpc) is 3.66. The first-order chi connectivity index (χ1) is 18.3. The third-order valence-corrected chi connectivity index (χ3v) is 8.26. The number of anilines is 4. The summed E-state index contributed by atoms with van der Waals surface area (Å²) < 4.78 is 40.2. The fourth-order valence-corrected chi connectivity index (χ4v) is 5.64. The molecule has 2 heterocycles. The van der Waals surface area contributed by atoms with Gasteiger partial charge in [0.2, 0.25) is 16.0 Å². The summed E-state index contributed by atoms with van der Waals surface area (Å²) in [5, 5.41) is 6.45. The number of nitrogens with one attached hydrogen (secondary N) is 3. The molecular formula is C26H31ClN6O4S. The summed E-state index contributed by atoms with van der Waals surface area (Å²) in [6.07, 6.45) is 4.67. The van der Waals surface area contributed by atoms with Crippen LogP contribution < -0.4 is 24.8 Å². The molecule has 12 heteroatoms. The Hall–Kier alpha value is -3.12. The molecule has 0 bridgehead atoms. The van der Waals surface area contributed by atoms with E-state index >= 15 is 0 Å². The molecule has 1 aromatic heterocycles. The SMILES string of the molecule is COc1cc(OC2CCN(C)C2)ccc1Nc1ncc(Cl)c(Nc2ccccc2S(=O)(=O)NCC2CC2)n1. The molecule has 0 radical (unpaired) electrons. The first-order valence-electron chi connectivity index (χ1n) is 12.5. The van der Waals surface area contributed by atoms with E-state index in [0.717, 1.165) is 38.1 Å². The molecule has 1 aliphatic carbocycles. The number of benzene rings is 2. The lowest BCUT2D eigenvalue weighted by atomic mass is 10.2. The van der Waals surface area contributed by atoms with E-state index in [9.17, 15) is 8.42 Å². The molecule has 3 N–H and O–H groups in total. The second-order valence-corrected chi connectivity index (χ2v) is 11.7. The van der Waals surface area contributed by atoms with Crippen molar-refractivity contribution in [2.75, 3.05) is 44.4 Å². The van der Waals surface area contributed by atoms with Gasteiger partial charge >= 0.3 is 0 Å². The fourth-order valence-electron chi connectivity index (χ4n) is 4.23. The van der Waals surface area contributed by atoms with Gasteiger partial charge in [0.15, 0.2) is 5.82 Å². The van der Waals surface area contributed by atoms with Crippen molar-refractivity contribution in [2.45, 2.75) is 30.3 Å². The van der Waals surface area contributed by atoms with Gasteiger partial charge in [-0.05, 0) is 56.5 Å². The van der Waals surface area contributed by atoms with Gasteiger partial charge < -0.3 is 25.0 Å². The molecular weight excluding hydrogens is 528 g/mol. The number of aromatic nitrogens is 2. The van der Waals surface area contributed by atoms with E-state index in [1.165, 1.54) is 6.20 Å². The van der Waals surface area contributed by atoms with Gasteiger partial charge in [0.05, 0.1) is 24.7 Å². The Morgan fingerprint density at radius 1 is 1.11 bits per heavy atom. The molecule has 3 aromatic rings. The normalized spacial score (nSPS) is 17.8. The molecule has 1 atom stereocenters. The van der Waals surface area contributed by atoms with Crippen LogP contribution in [0.1, 0.15) is 19.3 Å². The second-order valence-electron chi connectivity index (χ2n) is 9.58. The number of ether oxygens (including phenoxy) is 2. The number of sulfonamides is 1. The van der Waals surface area contributed by atoms with Crippen molar-refractivity contribution in [3.8, 4) is 11.5 Å². The van der Waals surface area contributed by atoms with E-state index in [4.69, 9.17) is 21.1 Å². The lowest BCUT2D eigenvalue weighted by Gasteiger charge is -2.17. The zero-order valence-electron chi connectivity index (χ0n) is 21.3. The lowest BCUT2D eigenvalue weighted by Crippen LogP contribution is -2.26. The van der Waals surface area contributed by atoms with Crippen LogP contribution in [0.25, 0.3) is 0 Å². The fraction of sp³-hybridized carbons (Fsp3) is 0.385. The quantitative estimate of drug-likeness (QED) is 0.315. The highest BCUT2D eigenvalue weighted by molar-refractivity contribution is 7.89. The van der Waals surface area contributed by atoms with Crippen molar-refractivity contribution in [1.29, 1.82) is 0 Å². The zero-order chi connectivity index (χ0) is 26.7. The number of hydrogen-bond acceptors (Lipinski definition) is 9. The second kappa shape index (κ2) is 11.3. The molecule has 2 aromatic carbocycles. The van der Waals surface area contributed by atoms with Crippen molar-refractivity contribution in [1.82, 2.24) is 19.6 Å². The van der Waals surface area contributed by atoms with E-state index in [-0.39, 0.29) is 27.8 Å². The molecule has 1 saturated carbocycles. The number of nitrogens with zero attached hydrogens (tertiary/aromatic N) is 3. The highest BCUT2D eigenvalue weighted by Gasteiger charge is 2.26. The minimum absolute atomic E-state index is 0.121. The highest BCUT2D eigenvalue weighted by Crippen LogP contribution is 2.34. The molecule has 1 aliphatic heterocycles. The average molecular weight is 559 g/mol. The van der Waals surface area contributed by atoms with Crippen molar-refractivity contribution in [3.05, 3.63) is 53.7 Å². The molecule has 10 nitrogen and oxygen atoms in total. The third-order valence-electron chi connectivity index (χ3n) is 6.50. The third kappa shape index (κ3) is 6.47.